The number of halogens is 1. The van der Waals surface area contributed by atoms with Crippen LogP contribution in [-0.4, -0.2) is 88.6 Å². The predicted molar refractivity (Wildman–Crippen MR) is 167 cm³/mol. The van der Waals surface area contributed by atoms with Gasteiger partial charge in [0.15, 0.2) is 5.60 Å². The minimum absolute atomic E-state index is 0.0324. The molecule has 6 rings (SSSR count). The van der Waals surface area contributed by atoms with E-state index < -0.39 is 11.7 Å². The quantitative estimate of drug-likeness (QED) is 0.412. The number of amides is 3. The molecule has 2 aliphatic carbocycles. The first-order valence-electron chi connectivity index (χ1n) is 15.7. The SMILES string of the molecule is O=C(O)N1CCN(C(=O)C2(Oc3cccc(N4CCC[C@H](C(=O)N(Cc5ccc(Br)cc5)C5CC5)C4)c3)CCCC2)CC1. The molecule has 2 heterocycles. The van der Waals surface area contributed by atoms with Crippen molar-refractivity contribution < 1.29 is 24.2 Å². The number of hydrogen-bond donors (Lipinski definition) is 1. The summed E-state index contributed by atoms with van der Waals surface area (Å²) >= 11 is 3.50. The molecular formula is C33H41BrN4O5. The summed E-state index contributed by atoms with van der Waals surface area (Å²) in [5.41, 5.74) is 1.25. The lowest BCUT2D eigenvalue weighted by Gasteiger charge is -2.39. The third kappa shape index (κ3) is 6.79. The van der Waals surface area contributed by atoms with Crippen LogP contribution in [0.3, 0.4) is 0 Å². The number of piperazine rings is 1. The molecule has 4 fully saturated rings. The van der Waals surface area contributed by atoms with Crippen LogP contribution in [0.25, 0.3) is 0 Å². The summed E-state index contributed by atoms with van der Waals surface area (Å²) < 4.78 is 7.62. The van der Waals surface area contributed by atoms with Crippen molar-refractivity contribution in [2.24, 2.45) is 5.92 Å². The van der Waals surface area contributed by atoms with Gasteiger partial charge in [-0.05, 0) is 81.2 Å². The minimum Gasteiger partial charge on any atom is -0.477 e. The number of rotatable bonds is 8. The highest BCUT2D eigenvalue weighted by Crippen LogP contribution is 2.38. The number of benzene rings is 2. The monoisotopic (exact) mass is 652 g/mol. The van der Waals surface area contributed by atoms with Gasteiger partial charge in [-0.3, -0.25) is 9.59 Å². The van der Waals surface area contributed by atoms with Gasteiger partial charge < -0.3 is 29.4 Å². The van der Waals surface area contributed by atoms with Gasteiger partial charge in [-0.15, -0.1) is 0 Å². The van der Waals surface area contributed by atoms with Gasteiger partial charge in [0.1, 0.15) is 5.75 Å². The highest BCUT2D eigenvalue weighted by atomic mass is 79.9. The molecule has 0 unspecified atom stereocenters. The molecule has 0 radical (unpaired) electrons. The lowest BCUT2D eigenvalue weighted by molar-refractivity contribution is -0.149. The van der Waals surface area contributed by atoms with Crippen LogP contribution in [0.4, 0.5) is 10.5 Å². The number of carboxylic acid groups (broad SMARTS) is 1. The van der Waals surface area contributed by atoms with Crippen molar-refractivity contribution in [1.82, 2.24) is 14.7 Å². The lowest BCUT2D eigenvalue weighted by Crippen LogP contribution is -2.57. The van der Waals surface area contributed by atoms with Gasteiger partial charge >= 0.3 is 6.09 Å². The van der Waals surface area contributed by atoms with Crippen molar-refractivity contribution in [3.05, 3.63) is 58.6 Å². The van der Waals surface area contributed by atoms with Crippen LogP contribution >= 0.6 is 15.9 Å². The third-order valence-electron chi connectivity index (χ3n) is 9.44. The second kappa shape index (κ2) is 12.8. The first-order valence-corrected chi connectivity index (χ1v) is 16.5. The van der Waals surface area contributed by atoms with Crippen molar-refractivity contribution in [2.75, 3.05) is 44.2 Å². The van der Waals surface area contributed by atoms with E-state index in [1.54, 1.807) is 4.90 Å². The summed E-state index contributed by atoms with van der Waals surface area (Å²) in [6, 6.07) is 16.5. The Morgan fingerprint density at radius 3 is 2.28 bits per heavy atom. The number of anilines is 1. The maximum atomic E-state index is 13.8. The highest BCUT2D eigenvalue weighted by molar-refractivity contribution is 9.10. The molecular weight excluding hydrogens is 612 g/mol. The number of hydrogen-bond acceptors (Lipinski definition) is 5. The lowest BCUT2D eigenvalue weighted by atomic mass is 9.95. The van der Waals surface area contributed by atoms with Gasteiger partial charge in [-0.1, -0.05) is 34.1 Å². The summed E-state index contributed by atoms with van der Waals surface area (Å²) in [5.74, 6) is 0.831. The summed E-state index contributed by atoms with van der Waals surface area (Å²) in [6.07, 6.45) is 6.21. The third-order valence-corrected chi connectivity index (χ3v) is 9.97. The number of carbonyl (C=O) groups excluding carboxylic acids is 2. The Hall–Kier alpha value is -3.27. The molecule has 0 bridgehead atoms. The second-order valence-corrected chi connectivity index (χ2v) is 13.4. The number of nitrogens with zero attached hydrogens (tertiary/aromatic N) is 4. The fourth-order valence-electron chi connectivity index (χ4n) is 6.87. The van der Waals surface area contributed by atoms with Crippen LogP contribution in [0.2, 0.25) is 0 Å². The minimum atomic E-state index is -0.942. The van der Waals surface area contributed by atoms with E-state index in [0.717, 1.165) is 60.8 Å². The van der Waals surface area contributed by atoms with Crippen LogP contribution in [0.15, 0.2) is 53.0 Å². The normalized spacial score (nSPS) is 21.9. The number of piperidine rings is 1. The van der Waals surface area contributed by atoms with E-state index >= 15 is 0 Å². The maximum Gasteiger partial charge on any atom is 0.407 e. The fraction of sp³-hybridized carbons (Fsp3) is 0.545. The van der Waals surface area contributed by atoms with E-state index in [1.165, 1.54) is 4.90 Å². The van der Waals surface area contributed by atoms with Crippen molar-refractivity contribution in [1.29, 1.82) is 0 Å². The van der Waals surface area contributed by atoms with Gasteiger partial charge in [0.05, 0.1) is 5.92 Å². The van der Waals surface area contributed by atoms with Crippen molar-refractivity contribution in [3.63, 3.8) is 0 Å². The molecule has 1 atom stereocenters. The van der Waals surface area contributed by atoms with Crippen LogP contribution in [0.5, 0.6) is 5.75 Å². The maximum absolute atomic E-state index is 13.8. The average molecular weight is 654 g/mol. The molecule has 2 aromatic rings. The van der Waals surface area contributed by atoms with E-state index in [2.05, 4.69) is 43.9 Å². The molecule has 2 aromatic carbocycles. The Morgan fingerprint density at radius 2 is 1.60 bits per heavy atom. The molecule has 4 aliphatic rings. The zero-order valence-corrected chi connectivity index (χ0v) is 26.2. The Morgan fingerprint density at radius 1 is 0.907 bits per heavy atom. The molecule has 43 heavy (non-hydrogen) atoms. The second-order valence-electron chi connectivity index (χ2n) is 12.5. The smallest absolute Gasteiger partial charge is 0.407 e. The van der Waals surface area contributed by atoms with E-state index in [4.69, 9.17) is 4.74 Å². The van der Waals surface area contributed by atoms with Crippen molar-refractivity contribution in [3.8, 4) is 5.75 Å². The summed E-state index contributed by atoms with van der Waals surface area (Å²) in [4.78, 5) is 46.5. The zero-order valence-electron chi connectivity index (χ0n) is 24.6. The van der Waals surface area contributed by atoms with Crippen LogP contribution < -0.4 is 9.64 Å². The van der Waals surface area contributed by atoms with Gasteiger partial charge in [-0.2, -0.15) is 0 Å². The molecule has 0 aromatic heterocycles. The van der Waals surface area contributed by atoms with Gasteiger partial charge in [0.25, 0.3) is 5.91 Å². The van der Waals surface area contributed by atoms with Crippen molar-refractivity contribution in [2.45, 2.75) is 69.6 Å². The van der Waals surface area contributed by atoms with E-state index in [-0.39, 0.29) is 17.7 Å². The predicted octanol–water partition coefficient (Wildman–Crippen LogP) is 5.37. The Balaban J connectivity index is 1.12. The topological polar surface area (TPSA) is 93.6 Å². The Labute approximate surface area is 261 Å². The largest absolute Gasteiger partial charge is 0.477 e. The summed E-state index contributed by atoms with van der Waals surface area (Å²) in [5, 5.41) is 9.29. The number of ether oxygens (including phenoxy) is 1. The molecule has 10 heteroatoms. The average Bonchev–Trinajstić information content (AvgIpc) is 3.77. The Kier molecular flexibility index (Phi) is 8.84. The molecule has 2 saturated carbocycles. The van der Waals surface area contributed by atoms with E-state index in [1.807, 2.05) is 30.3 Å². The zero-order chi connectivity index (χ0) is 30.0. The summed E-state index contributed by atoms with van der Waals surface area (Å²) in [6.45, 7) is 3.62. The molecule has 3 amide bonds. The molecule has 2 aliphatic heterocycles. The van der Waals surface area contributed by atoms with Gasteiger partial charge in [0, 0.05) is 68.1 Å². The Bertz CT molecular complexity index is 1320. The molecule has 230 valence electrons. The molecule has 0 spiro atoms. The standard InChI is InChI=1S/C33H41BrN4O5/c34-26-10-8-24(9-11-26)22-38(27-12-13-27)30(39)25-5-4-16-37(23-25)28-6-3-7-29(21-28)43-33(14-1-2-15-33)31(40)35-17-19-36(20-18-35)32(41)42/h3,6-11,21,25,27H,1-2,4-5,12-20,22-23H2,(H,41,42)/t25-/m0/s1. The van der Waals surface area contributed by atoms with Gasteiger partial charge in [-0.25, -0.2) is 4.79 Å². The molecule has 9 nitrogen and oxygen atoms in total. The first kappa shape index (κ1) is 29.8. The van der Waals surface area contributed by atoms with Gasteiger partial charge in [0.2, 0.25) is 5.91 Å². The fourth-order valence-corrected chi connectivity index (χ4v) is 7.14. The van der Waals surface area contributed by atoms with E-state index in [0.29, 0.717) is 63.9 Å². The summed E-state index contributed by atoms with van der Waals surface area (Å²) in [7, 11) is 0. The highest BCUT2D eigenvalue weighted by Gasteiger charge is 2.47. The van der Waals surface area contributed by atoms with Crippen LogP contribution in [-0.2, 0) is 16.1 Å². The van der Waals surface area contributed by atoms with Crippen LogP contribution in [0, 0.1) is 5.92 Å². The molecule has 2 saturated heterocycles. The van der Waals surface area contributed by atoms with Crippen LogP contribution in [0.1, 0.15) is 56.9 Å². The van der Waals surface area contributed by atoms with Crippen molar-refractivity contribution >= 4 is 39.5 Å². The first-order chi connectivity index (χ1) is 20.8. The van der Waals surface area contributed by atoms with E-state index in [9.17, 15) is 19.5 Å². The molecule has 1 N–H and O–H groups in total. The number of carbonyl (C=O) groups is 3.